The molecule has 12 heteroatoms. The molecule has 2 aliphatic rings. The summed E-state index contributed by atoms with van der Waals surface area (Å²) >= 11 is -5.04. The molecule has 0 N–H and O–H groups in total. The number of fused-ring (bicyclic) bond motifs is 3. The van der Waals surface area contributed by atoms with E-state index in [1.165, 1.54) is 0 Å². The number of carbonyl (C=O) groups is 4. The summed E-state index contributed by atoms with van der Waals surface area (Å²) in [6, 6.07) is 0. The van der Waals surface area contributed by atoms with Gasteiger partial charge in [0.05, 0.1) is 0 Å². The minimum absolute atomic E-state index is 0.0772. The summed E-state index contributed by atoms with van der Waals surface area (Å²) in [6.45, 7) is 0.327. The summed E-state index contributed by atoms with van der Waals surface area (Å²) < 4.78 is 19.9. The van der Waals surface area contributed by atoms with Gasteiger partial charge < -0.3 is 0 Å². The van der Waals surface area contributed by atoms with Crippen molar-refractivity contribution in [1.82, 2.24) is 9.80 Å². The Morgan fingerprint density at radius 1 is 0.591 bits per heavy atom. The van der Waals surface area contributed by atoms with E-state index in [1.54, 1.807) is 9.80 Å². The molecule has 2 saturated heterocycles. The molecular weight excluding hydrogens is 677 g/mol. The van der Waals surface area contributed by atoms with Gasteiger partial charge in [-0.25, -0.2) is 0 Å². The van der Waals surface area contributed by atoms with Gasteiger partial charge in [0.2, 0.25) is 0 Å². The van der Waals surface area contributed by atoms with E-state index in [4.69, 9.17) is 10.6 Å². The van der Waals surface area contributed by atoms with Crippen LogP contribution in [-0.4, -0.2) is 72.9 Å². The fourth-order valence-corrected chi connectivity index (χ4v) is 5.87. The van der Waals surface area contributed by atoms with Gasteiger partial charge >= 0.3 is 154 Å². The summed E-state index contributed by atoms with van der Waals surface area (Å²) in [6.07, 6.45) is 0. The van der Waals surface area contributed by atoms with Crippen molar-refractivity contribution in [3.63, 3.8) is 0 Å². The van der Waals surface area contributed by atoms with Crippen LogP contribution in [0.1, 0.15) is 0 Å². The van der Waals surface area contributed by atoms with Crippen molar-refractivity contribution in [3.05, 3.63) is 0 Å². The maximum atomic E-state index is 11.7. The van der Waals surface area contributed by atoms with Crippen LogP contribution in [0.4, 0.5) is 0 Å². The molecule has 0 amide bonds. The van der Waals surface area contributed by atoms with Crippen molar-refractivity contribution < 1.29 is 80.7 Å². The van der Waals surface area contributed by atoms with Crippen molar-refractivity contribution in [3.8, 4) is 0 Å². The Hall–Kier alpha value is -0.330. The molecule has 2 heterocycles. The second-order valence-electron chi connectivity index (χ2n) is 4.72. The van der Waals surface area contributed by atoms with E-state index in [-0.39, 0.29) is 26.2 Å². The third-order valence-electron chi connectivity index (χ3n) is 3.02. The summed E-state index contributed by atoms with van der Waals surface area (Å²) in [5.41, 5.74) is 0. The Balaban J connectivity index is 2.14. The van der Waals surface area contributed by atoms with Crippen molar-refractivity contribution >= 4 is 23.9 Å². The van der Waals surface area contributed by atoms with Crippen molar-refractivity contribution in [2.75, 3.05) is 39.3 Å². The molecule has 0 saturated carbocycles. The molecule has 114 valence electrons. The van der Waals surface area contributed by atoms with E-state index >= 15 is 0 Å². The molecule has 0 spiro atoms. The molecule has 2 rings (SSSR count). The Bertz CT molecular complexity index is 396. The molecule has 0 aromatic heterocycles. The van der Waals surface area contributed by atoms with Gasteiger partial charge in [-0.3, -0.25) is 0 Å². The number of rotatable bonds is 0. The molecule has 0 aromatic carbocycles. The van der Waals surface area contributed by atoms with E-state index < -0.39 is 74.9 Å². The van der Waals surface area contributed by atoms with Crippen LogP contribution >= 0.6 is 0 Å². The number of nitrogens with zero attached hydrogens (tertiary/aromatic N) is 2. The maximum absolute atomic E-state index is 11.7. The fourth-order valence-electron chi connectivity index (χ4n) is 1.95. The van der Waals surface area contributed by atoms with Crippen LogP contribution in [0.2, 0.25) is 0 Å². The summed E-state index contributed by atoms with van der Waals surface area (Å²) in [4.78, 5) is 49.8. The van der Waals surface area contributed by atoms with Gasteiger partial charge in [0.15, 0.2) is 0 Å². The molecule has 0 unspecified atom stereocenters. The molecule has 10 nitrogen and oxygen atoms in total. The Morgan fingerprint density at radius 2 is 0.864 bits per heavy atom. The van der Waals surface area contributed by atoms with E-state index in [0.29, 0.717) is 13.1 Å². The van der Waals surface area contributed by atoms with Gasteiger partial charge in [0, 0.05) is 0 Å². The van der Waals surface area contributed by atoms with Gasteiger partial charge in [-0.05, 0) is 0 Å². The summed E-state index contributed by atoms with van der Waals surface area (Å²) in [5, 5.41) is 0. The van der Waals surface area contributed by atoms with Crippen LogP contribution in [0, 0.1) is 0 Å². The first-order chi connectivity index (χ1) is 10.5. The zero-order valence-electron chi connectivity index (χ0n) is 11.8. The van der Waals surface area contributed by atoms with Crippen LogP contribution in [0.3, 0.4) is 0 Å². The van der Waals surface area contributed by atoms with Crippen LogP contribution in [0.15, 0.2) is 0 Å². The monoisotopic (exact) mass is 692 g/mol. The third-order valence-corrected chi connectivity index (χ3v) is 9.86. The molecule has 0 atom stereocenters. The van der Waals surface area contributed by atoms with E-state index in [1.807, 2.05) is 0 Å². The van der Waals surface area contributed by atoms with Gasteiger partial charge in [0.25, 0.3) is 0 Å². The number of hydrogen-bond donors (Lipinski definition) is 0. The third kappa shape index (κ3) is 6.42. The quantitative estimate of drug-likeness (QED) is 0.256. The average molecular weight is 689 g/mol. The summed E-state index contributed by atoms with van der Waals surface area (Å²) in [7, 11) is 0. The second-order valence-corrected chi connectivity index (χ2v) is 11.0. The van der Waals surface area contributed by atoms with Crippen LogP contribution < -0.4 is 0 Å². The van der Waals surface area contributed by atoms with Gasteiger partial charge in [-0.15, -0.1) is 0 Å². The van der Waals surface area contributed by atoms with Gasteiger partial charge in [-0.1, -0.05) is 0 Å². The molecule has 0 aromatic rings. The zero-order chi connectivity index (χ0) is 15.9. The molecular formula is C10H12Hg2N2O8. The molecule has 22 heavy (non-hydrogen) atoms. The van der Waals surface area contributed by atoms with Gasteiger partial charge in [-0.2, -0.15) is 0 Å². The molecule has 2 aliphatic heterocycles. The Morgan fingerprint density at radius 3 is 1.14 bits per heavy atom. The molecule has 2 fully saturated rings. The zero-order valence-corrected chi connectivity index (χ0v) is 22.8. The van der Waals surface area contributed by atoms with E-state index in [9.17, 15) is 19.2 Å². The van der Waals surface area contributed by atoms with E-state index in [2.05, 4.69) is 0 Å². The Kier molecular flexibility index (Phi) is 7.44. The van der Waals surface area contributed by atoms with Crippen molar-refractivity contribution in [2.24, 2.45) is 0 Å². The van der Waals surface area contributed by atoms with E-state index in [0.717, 1.165) is 0 Å². The minimum atomic E-state index is -2.52. The van der Waals surface area contributed by atoms with Crippen LogP contribution in [-0.2, 0) is 80.7 Å². The first-order valence-electron chi connectivity index (χ1n) is 6.60. The Labute approximate surface area is 152 Å². The SMILES string of the molecule is O=C1CN2CCN(CC(=O)[O][Hg][O]1)CC(=O)[O][Hg][O]C(=O)C2. The van der Waals surface area contributed by atoms with Crippen LogP contribution in [0.25, 0.3) is 0 Å². The predicted molar refractivity (Wildman–Crippen MR) is 57.2 cm³/mol. The number of hydrogen-bond acceptors (Lipinski definition) is 10. The molecule has 0 radical (unpaired) electrons. The topological polar surface area (TPSA) is 112 Å². The standard InChI is InChI=1S/C10H16N2O8.2Hg/c13-7(14)3-11(4-8(15)16)1-2-12(5-9(17)18)6-10(19)20;;/h1-6H2,(H,13,14)(H,15,16)(H,17,18)(H,19,20);;/q;2*+2/p-4. The average Bonchev–Trinajstić information content (AvgIpc) is 2.47. The molecule has 2 bridgehead atoms. The fraction of sp³-hybridized carbons (Fsp3) is 0.600. The van der Waals surface area contributed by atoms with Gasteiger partial charge in [0.1, 0.15) is 0 Å². The predicted octanol–water partition coefficient (Wildman–Crippen LogP) is -2.38. The van der Waals surface area contributed by atoms with Crippen molar-refractivity contribution in [1.29, 1.82) is 0 Å². The summed E-state index contributed by atoms with van der Waals surface area (Å²) in [5.74, 6) is -2.05. The van der Waals surface area contributed by atoms with Crippen molar-refractivity contribution in [2.45, 2.75) is 0 Å². The van der Waals surface area contributed by atoms with Crippen LogP contribution in [0.5, 0.6) is 0 Å². The second kappa shape index (κ2) is 9.08. The normalized spacial score (nSPS) is 26.9. The first-order valence-corrected chi connectivity index (χ1v) is 15.6. The molecule has 0 aliphatic carbocycles. The number of carbonyl (C=O) groups excluding carboxylic acids is 4. The first kappa shape index (κ1) is 18.0.